The summed E-state index contributed by atoms with van der Waals surface area (Å²) in [6.45, 7) is 4.79. The molecule has 1 unspecified atom stereocenters. The lowest BCUT2D eigenvalue weighted by molar-refractivity contribution is -0.274. The van der Waals surface area contributed by atoms with Crippen molar-refractivity contribution in [1.82, 2.24) is 4.90 Å². The number of hydrogen-bond donors (Lipinski definition) is 1. The Balaban J connectivity index is 1.52. The van der Waals surface area contributed by atoms with Crippen LogP contribution in [0.1, 0.15) is 6.92 Å². The summed E-state index contributed by atoms with van der Waals surface area (Å²) < 4.78 is 45.8. The van der Waals surface area contributed by atoms with Crippen molar-refractivity contribution in [2.24, 2.45) is 0 Å². The fraction of sp³-hybridized carbons (Fsp3) is 0.381. The van der Waals surface area contributed by atoms with Crippen LogP contribution in [0.2, 0.25) is 0 Å². The van der Waals surface area contributed by atoms with E-state index in [1.807, 2.05) is 31.2 Å². The maximum absolute atomic E-state index is 12.6. The van der Waals surface area contributed by atoms with Gasteiger partial charge in [-0.2, -0.15) is 0 Å². The van der Waals surface area contributed by atoms with Crippen molar-refractivity contribution in [1.29, 1.82) is 0 Å². The highest BCUT2D eigenvalue weighted by Gasteiger charge is 2.31. The number of halogens is 3. The average Bonchev–Trinajstić information content (AvgIpc) is 2.73. The quantitative estimate of drug-likeness (QED) is 0.767. The third-order valence-corrected chi connectivity index (χ3v) is 5.02. The number of methoxy groups -OCH3 is 1. The molecule has 0 saturated carbocycles. The molecule has 6 nitrogen and oxygen atoms in total. The van der Waals surface area contributed by atoms with Crippen LogP contribution in [0.4, 0.5) is 24.5 Å². The van der Waals surface area contributed by atoms with Gasteiger partial charge in [0.25, 0.3) is 0 Å². The number of alkyl halides is 3. The van der Waals surface area contributed by atoms with E-state index in [1.54, 1.807) is 7.11 Å². The number of hydrogen-bond acceptors (Lipinski definition) is 5. The third kappa shape index (κ3) is 5.79. The first-order chi connectivity index (χ1) is 14.2. The molecule has 1 saturated heterocycles. The van der Waals surface area contributed by atoms with Crippen LogP contribution < -0.4 is 19.7 Å². The van der Waals surface area contributed by atoms with Gasteiger partial charge < -0.3 is 19.7 Å². The van der Waals surface area contributed by atoms with Crippen LogP contribution in [-0.2, 0) is 4.79 Å². The molecule has 1 fully saturated rings. The summed E-state index contributed by atoms with van der Waals surface area (Å²) in [6, 6.07) is 12.6. The molecule has 0 aliphatic carbocycles. The van der Waals surface area contributed by atoms with Crippen LogP contribution in [0, 0.1) is 0 Å². The fourth-order valence-corrected chi connectivity index (χ4v) is 3.33. The van der Waals surface area contributed by atoms with Gasteiger partial charge in [0.15, 0.2) is 0 Å². The Bertz CT molecular complexity index is 851. The molecule has 1 heterocycles. The Labute approximate surface area is 173 Å². The summed E-state index contributed by atoms with van der Waals surface area (Å²) in [5.41, 5.74) is 1.49. The van der Waals surface area contributed by atoms with E-state index in [0.717, 1.165) is 24.5 Å². The summed E-state index contributed by atoms with van der Waals surface area (Å²) in [7, 11) is 1.63. The minimum absolute atomic E-state index is 0.214. The van der Waals surface area contributed by atoms with Gasteiger partial charge in [-0.1, -0.05) is 6.07 Å². The molecule has 2 aromatic carbocycles. The summed E-state index contributed by atoms with van der Waals surface area (Å²) in [5, 5.41) is 2.74. The molecule has 3 rings (SSSR count). The highest BCUT2D eigenvalue weighted by Crippen LogP contribution is 2.25. The predicted molar refractivity (Wildman–Crippen MR) is 108 cm³/mol. The smallest absolute Gasteiger partial charge is 0.497 e. The van der Waals surface area contributed by atoms with Crippen LogP contribution in [0.3, 0.4) is 0 Å². The molecule has 0 spiro atoms. The number of benzene rings is 2. The first kappa shape index (κ1) is 21.8. The van der Waals surface area contributed by atoms with Crippen LogP contribution in [0.15, 0.2) is 48.5 Å². The Morgan fingerprint density at radius 1 is 1.03 bits per heavy atom. The molecule has 0 radical (unpaired) electrons. The van der Waals surface area contributed by atoms with E-state index in [0.29, 0.717) is 18.8 Å². The molecule has 9 heteroatoms. The standard InChI is InChI=1S/C21H24F3N3O3/c1-15(20(28)25-16-6-8-18(9-7-16)30-21(22,23)24)26-10-12-27(13-11-26)17-4-3-5-19(14-17)29-2/h3-9,14-15H,10-13H2,1-2H3,(H,25,28). The topological polar surface area (TPSA) is 54.0 Å². The van der Waals surface area contributed by atoms with E-state index in [9.17, 15) is 18.0 Å². The predicted octanol–water partition coefficient (Wildman–Crippen LogP) is 3.74. The lowest BCUT2D eigenvalue weighted by Gasteiger charge is -2.38. The van der Waals surface area contributed by atoms with Gasteiger partial charge in [0.1, 0.15) is 11.5 Å². The fourth-order valence-electron chi connectivity index (χ4n) is 3.33. The van der Waals surface area contributed by atoms with E-state index in [-0.39, 0.29) is 17.7 Å². The summed E-state index contributed by atoms with van der Waals surface area (Å²) in [5.74, 6) is 0.255. The number of anilines is 2. The van der Waals surface area contributed by atoms with Gasteiger partial charge in [-0.05, 0) is 43.3 Å². The van der Waals surface area contributed by atoms with Gasteiger partial charge in [0, 0.05) is 43.6 Å². The van der Waals surface area contributed by atoms with Crippen LogP contribution in [-0.4, -0.2) is 56.5 Å². The monoisotopic (exact) mass is 423 g/mol. The molecule has 1 aliphatic heterocycles. The molecule has 1 aliphatic rings. The largest absolute Gasteiger partial charge is 0.573 e. The number of carbonyl (C=O) groups is 1. The van der Waals surface area contributed by atoms with Gasteiger partial charge in [0.2, 0.25) is 5.91 Å². The van der Waals surface area contributed by atoms with E-state index >= 15 is 0 Å². The van der Waals surface area contributed by atoms with E-state index in [4.69, 9.17) is 4.74 Å². The maximum Gasteiger partial charge on any atom is 0.573 e. The number of rotatable bonds is 6. The zero-order valence-electron chi connectivity index (χ0n) is 16.8. The maximum atomic E-state index is 12.6. The second kappa shape index (κ2) is 9.25. The lowest BCUT2D eigenvalue weighted by atomic mass is 10.2. The molecule has 30 heavy (non-hydrogen) atoms. The molecule has 1 N–H and O–H groups in total. The average molecular weight is 423 g/mol. The van der Waals surface area contributed by atoms with Gasteiger partial charge in [-0.25, -0.2) is 0 Å². The van der Waals surface area contributed by atoms with Gasteiger partial charge in [-0.3, -0.25) is 9.69 Å². The van der Waals surface area contributed by atoms with Crippen molar-refractivity contribution in [2.45, 2.75) is 19.3 Å². The van der Waals surface area contributed by atoms with Crippen molar-refractivity contribution >= 4 is 17.3 Å². The molecule has 1 atom stereocenters. The molecule has 162 valence electrons. The van der Waals surface area contributed by atoms with Crippen molar-refractivity contribution in [2.75, 3.05) is 43.5 Å². The van der Waals surface area contributed by atoms with Gasteiger partial charge in [-0.15, -0.1) is 13.2 Å². The van der Waals surface area contributed by atoms with Crippen molar-refractivity contribution in [3.63, 3.8) is 0 Å². The third-order valence-electron chi connectivity index (χ3n) is 5.02. The number of piperazine rings is 1. The van der Waals surface area contributed by atoms with Crippen LogP contribution >= 0.6 is 0 Å². The lowest BCUT2D eigenvalue weighted by Crippen LogP contribution is -2.52. The summed E-state index contributed by atoms with van der Waals surface area (Å²) in [4.78, 5) is 16.9. The second-order valence-electron chi connectivity index (χ2n) is 6.96. The van der Waals surface area contributed by atoms with Crippen molar-refractivity contribution in [3.05, 3.63) is 48.5 Å². The first-order valence-electron chi connectivity index (χ1n) is 9.55. The molecule has 1 amide bonds. The number of carbonyl (C=O) groups excluding carboxylic acids is 1. The van der Waals surface area contributed by atoms with Crippen molar-refractivity contribution < 1.29 is 27.4 Å². The Kier molecular flexibility index (Phi) is 6.71. The van der Waals surface area contributed by atoms with Crippen LogP contribution in [0.25, 0.3) is 0 Å². The Morgan fingerprint density at radius 3 is 2.30 bits per heavy atom. The molecule has 0 aromatic heterocycles. The van der Waals surface area contributed by atoms with Crippen LogP contribution in [0.5, 0.6) is 11.5 Å². The van der Waals surface area contributed by atoms with E-state index in [1.165, 1.54) is 24.3 Å². The molecular formula is C21H24F3N3O3. The van der Waals surface area contributed by atoms with Gasteiger partial charge >= 0.3 is 6.36 Å². The highest BCUT2D eigenvalue weighted by atomic mass is 19.4. The molecule has 0 bridgehead atoms. The van der Waals surface area contributed by atoms with E-state index in [2.05, 4.69) is 19.9 Å². The Morgan fingerprint density at radius 2 is 1.70 bits per heavy atom. The summed E-state index contributed by atoms with van der Waals surface area (Å²) >= 11 is 0. The van der Waals surface area contributed by atoms with Crippen molar-refractivity contribution in [3.8, 4) is 11.5 Å². The zero-order valence-corrected chi connectivity index (χ0v) is 16.8. The zero-order chi connectivity index (χ0) is 21.7. The van der Waals surface area contributed by atoms with E-state index < -0.39 is 6.36 Å². The number of ether oxygens (including phenoxy) is 2. The molecular weight excluding hydrogens is 399 g/mol. The first-order valence-corrected chi connectivity index (χ1v) is 9.55. The minimum atomic E-state index is -4.74. The highest BCUT2D eigenvalue weighted by molar-refractivity contribution is 5.94. The Hall–Kier alpha value is -2.94. The van der Waals surface area contributed by atoms with Gasteiger partial charge in [0.05, 0.1) is 13.2 Å². The SMILES string of the molecule is COc1cccc(N2CCN(C(C)C(=O)Nc3ccc(OC(F)(F)F)cc3)CC2)c1. The number of nitrogens with zero attached hydrogens (tertiary/aromatic N) is 2. The number of nitrogens with one attached hydrogen (secondary N) is 1. The second-order valence-corrected chi connectivity index (χ2v) is 6.96. The minimum Gasteiger partial charge on any atom is -0.497 e. The summed E-state index contributed by atoms with van der Waals surface area (Å²) in [6.07, 6.45) is -4.74. The normalized spacial score (nSPS) is 16.1. The number of amides is 1. The molecule has 2 aromatic rings.